The van der Waals surface area contributed by atoms with Crippen molar-refractivity contribution in [3.63, 3.8) is 0 Å². The molecule has 2 amide bonds. The minimum Gasteiger partial charge on any atom is -0.440 e. The second kappa shape index (κ2) is 8.81. The molecule has 0 bridgehead atoms. The van der Waals surface area contributed by atoms with Crippen LogP contribution in [0, 0.1) is 13.8 Å². The number of amides is 2. The lowest BCUT2D eigenvalue weighted by Gasteiger charge is -2.27. The van der Waals surface area contributed by atoms with Gasteiger partial charge in [-0.05, 0) is 43.0 Å². The number of benzene rings is 1. The van der Waals surface area contributed by atoms with Gasteiger partial charge in [-0.3, -0.25) is 9.59 Å². The quantitative estimate of drug-likeness (QED) is 0.674. The van der Waals surface area contributed by atoms with Crippen molar-refractivity contribution in [2.24, 2.45) is 0 Å². The molecule has 1 aliphatic rings. The third-order valence-corrected chi connectivity index (χ3v) is 5.95. The van der Waals surface area contributed by atoms with E-state index in [1.165, 1.54) is 11.3 Å². The Hall–Kier alpha value is -2.97. The molecule has 30 heavy (non-hydrogen) atoms. The number of carbonyl (C=O) groups excluding carboxylic acids is 2. The van der Waals surface area contributed by atoms with Crippen LogP contribution in [0.15, 0.2) is 40.1 Å². The molecule has 1 fully saturated rings. The standard InChI is InChI=1S/C22H23N3O4S/c1-14-16(22(27)25-8-10-28-11-9-25)5-3-6-17(14)23-20(26)13-18-15(2)29-21(24-18)19-7-4-12-30-19/h3-7,12H,8-11,13H2,1-2H3,(H,23,26). The number of rotatable bonds is 5. The summed E-state index contributed by atoms with van der Waals surface area (Å²) in [6.07, 6.45) is 0.0990. The number of nitrogens with one attached hydrogen (secondary N) is 1. The molecule has 0 saturated carbocycles. The van der Waals surface area contributed by atoms with Gasteiger partial charge in [-0.25, -0.2) is 4.98 Å². The van der Waals surface area contributed by atoms with Gasteiger partial charge in [0.25, 0.3) is 5.91 Å². The fourth-order valence-corrected chi connectivity index (χ4v) is 4.03. The van der Waals surface area contributed by atoms with Gasteiger partial charge in [0.2, 0.25) is 11.8 Å². The van der Waals surface area contributed by atoms with E-state index < -0.39 is 0 Å². The number of aryl methyl sites for hydroxylation is 1. The van der Waals surface area contributed by atoms with Crippen molar-refractivity contribution in [1.29, 1.82) is 0 Å². The minimum absolute atomic E-state index is 0.0418. The van der Waals surface area contributed by atoms with Crippen molar-refractivity contribution in [1.82, 2.24) is 9.88 Å². The molecule has 156 valence electrons. The Morgan fingerprint density at radius 2 is 1.97 bits per heavy atom. The van der Waals surface area contributed by atoms with Crippen LogP contribution in [0.1, 0.15) is 27.4 Å². The first kappa shape index (κ1) is 20.3. The van der Waals surface area contributed by atoms with Crippen molar-refractivity contribution in [2.45, 2.75) is 20.3 Å². The van der Waals surface area contributed by atoms with Gasteiger partial charge in [0.05, 0.1) is 30.2 Å². The van der Waals surface area contributed by atoms with E-state index in [4.69, 9.17) is 9.15 Å². The highest BCUT2D eigenvalue weighted by Crippen LogP contribution is 2.26. The van der Waals surface area contributed by atoms with Gasteiger partial charge in [-0.2, -0.15) is 0 Å². The Kier molecular flexibility index (Phi) is 5.96. The second-order valence-corrected chi connectivity index (χ2v) is 8.05. The predicted octanol–water partition coefficient (Wildman–Crippen LogP) is 3.67. The second-order valence-electron chi connectivity index (χ2n) is 7.11. The SMILES string of the molecule is Cc1oc(-c2cccs2)nc1CC(=O)Nc1cccc(C(=O)N2CCOCC2)c1C. The van der Waals surface area contributed by atoms with Gasteiger partial charge in [0.1, 0.15) is 5.76 Å². The summed E-state index contributed by atoms with van der Waals surface area (Å²) in [4.78, 5) is 32.7. The maximum atomic E-state index is 12.8. The number of carbonyl (C=O) groups is 2. The topological polar surface area (TPSA) is 84.7 Å². The summed E-state index contributed by atoms with van der Waals surface area (Å²) in [5.74, 6) is 0.907. The summed E-state index contributed by atoms with van der Waals surface area (Å²) in [6, 6.07) is 9.24. The number of oxazole rings is 1. The van der Waals surface area contributed by atoms with E-state index in [9.17, 15) is 9.59 Å². The summed E-state index contributed by atoms with van der Waals surface area (Å²) in [5.41, 5.74) is 2.57. The molecule has 0 radical (unpaired) electrons. The molecule has 4 rings (SSSR count). The molecule has 0 unspecified atom stereocenters. The number of anilines is 1. The molecular weight excluding hydrogens is 402 g/mol. The molecule has 3 heterocycles. The number of nitrogens with zero attached hydrogens (tertiary/aromatic N) is 2. The molecule has 2 aromatic heterocycles. The maximum Gasteiger partial charge on any atom is 0.254 e. The summed E-state index contributed by atoms with van der Waals surface area (Å²) >= 11 is 1.54. The summed E-state index contributed by atoms with van der Waals surface area (Å²) in [7, 11) is 0. The van der Waals surface area contributed by atoms with E-state index in [0.717, 1.165) is 10.4 Å². The van der Waals surface area contributed by atoms with Gasteiger partial charge in [-0.15, -0.1) is 11.3 Å². The predicted molar refractivity (Wildman–Crippen MR) is 115 cm³/mol. The van der Waals surface area contributed by atoms with Crippen molar-refractivity contribution in [2.75, 3.05) is 31.6 Å². The van der Waals surface area contributed by atoms with Gasteiger partial charge < -0.3 is 19.4 Å². The first-order valence-corrected chi connectivity index (χ1v) is 10.7. The first-order chi connectivity index (χ1) is 14.5. The monoisotopic (exact) mass is 425 g/mol. The molecule has 3 aromatic rings. The normalized spacial score (nSPS) is 14.0. The molecule has 1 saturated heterocycles. The van der Waals surface area contributed by atoms with Crippen molar-refractivity contribution in [3.8, 4) is 10.8 Å². The molecule has 1 aromatic carbocycles. The third-order valence-electron chi connectivity index (χ3n) is 5.09. The van der Waals surface area contributed by atoms with Crippen LogP contribution in [0.25, 0.3) is 10.8 Å². The van der Waals surface area contributed by atoms with E-state index in [1.54, 1.807) is 30.0 Å². The van der Waals surface area contributed by atoms with Crippen molar-refractivity contribution < 1.29 is 18.7 Å². The Morgan fingerprint density at radius 1 is 1.17 bits per heavy atom. The van der Waals surface area contributed by atoms with Gasteiger partial charge in [0, 0.05) is 24.3 Å². The number of morpholine rings is 1. The van der Waals surface area contributed by atoms with Crippen LogP contribution in [0.3, 0.4) is 0 Å². The minimum atomic E-state index is -0.205. The Bertz CT molecular complexity index is 1050. The highest BCUT2D eigenvalue weighted by atomic mass is 32.1. The molecule has 0 spiro atoms. The van der Waals surface area contributed by atoms with Gasteiger partial charge in [-0.1, -0.05) is 12.1 Å². The largest absolute Gasteiger partial charge is 0.440 e. The lowest BCUT2D eigenvalue weighted by atomic mass is 10.0. The van der Waals surface area contributed by atoms with Crippen LogP contribution in [-0.2, 0) is 16.0 Å². The molecule has 1 aliphatic heterocycles. The summed E-state index contributed by atoms with van der Waals surface area (Å²) in [6.45, 7) is 5.90. The average Bonchev–Trinajstić information content (AvgIpc) is 3.40. The van der Waals surface area contributed by atoms with E-state index in [0.29, 0.717) is 54.9 Å². The zero-order valence-corrected chi connectivity index (χ0v) is 17.8. The highest BCUT2D eigenvalue weighted by molar-refractivity contribution is 7.13. The van der Waals surface area contributed by atoms with Gasteiger partial charge >= 0.3 is 0 Å². The first-order valence-electron chi connectivity index (χ1n) is 9.79. The molecule has 7 nitrogen and oxygen atoms in total. The molecule has 0 atom stereocenters. The summed E-state index contributed by atoms with van der Waals surface area (Å²) in [5, 5.41) is 4.87. The molecule has 0 aliphatic carbocycles. The zero-order valence-electron chi connectivity index (χ0n) is 16.9. The smallest absolute Gasteiger partial charge is 0.254 e. The number of ether oxygens (including phenoxy) is 1. The number of thiophene rings is 1. The van der Waals surface area contributed by atoms with Crippen LogP contribution in [0.4, 0.5) is 5.69 Å². The number of aromatic nitrogens is 1. The van der Waals surface area contributed by atoms with E-state index in [2.05, 4.69) is 10.3 Å². The van der Waals surface area contributed by atoms with Crippen LogP contribution in [0.5, 0.6) is 0 Å². The van der Waals surface area contributed by atoms with E-state index in [1.807, 2.05) is 24.4 Å². The van der Waals surface area contributed by atoms with Crippen molar-refractivity contribution >= 4 is 28.8 Å². The molecule has 8 heteroatoms. The highest BCUT2D eigenvalue weighted by Gasteiger charge is 2.22. The number of hydrogen-bond donors (Lipinski definition) is 1. The fourth-order valence-electron chi connectivity index (χ4n) is 3.38. The lowest BCUT2D eigenvalue weighted by Crippen LogP contribution is -2.41. The lowest BCUT2D eigenvalue weighted by molar-refractivity contribution is -0.115. The zero-order chi connectivity index (χ0) is 21.1. The number of hydrogen-bond acceptors (Lipinski definition) is 6. The fraction of sp³-hybridized carbons (Fsp3) is 0.318. The summed E-state index contributed by atoms with van der Waals surface area (Å²) < 4.78 is 11.0. The van der Waals surface area contributed by atoms with E-state index in [-0.39, 0.29) is 18.2 Å². The third kappa shape index (κ3) is 4.29. The molecule has 1 N–H and O–H groups in total. The van der Waals surface area contributed by atoms with Crippen LogP contribution >= 0.6 is 11.3 Å². The maximum absolute atomic E-state index is 12.8. The Balaban J connectivity index is 1.47. The van der Waals surface area contributed by atoms with Crippen LogP contribution < -0.4 is 5.32 Å². The van der Waals surface area contributed by atoms with Crippen LogP contribution in [0.2, 0.25) is 0 Å². The van der Waals surface area contributed by atoms with Gasteiger partial charge in [0.15, 0.2) is 0 Å². The molecular formula is C22H23N3O4S. The average molecular weight is 426 g/mol. The Labute approximate surface area is 178 Å². The Morgan fingerprint density at radius 3 is 2.70 bits per heavy atom. The van der Waals surface area contributed by atoms with Crippen molar-refractivity contribution in [3.05, 3.63) is 58.3 Å². The van der Waals surface area contributed by atoms with E-state index >= 15 is 0 Å². The van der Waals surface area contributed by atoms with Crippen LogP contribution in [-0.4, -0.2) is 48.0 Å².